The van der Waals surface area contributed by atoms with Crippen molar-refractivity contribution in [3.05, 3.63) is 63.2 Å². The summed E-state index contributed by atoms with van der Waals surface area (Å²) >= 11 is 2.34. The summed E-state index contributed by atoms with van der Waals surface area (Å²) < 4.78 is 1.28. The van der Waals surface area contributed by atoms with E-state index in [1.165, 1.54) is 20.4 Å². The number of halogens is 1. The zero-order valence-corrected chi connectivity index (χ0v) is 14.4. The van der Waals surface area contributed by atoms with Crippen molar-refractivity contribution in [2.45, 2.75) is 12.5 Å². The van der Waals surface area contributed by atoms with E-state index in [-0.39, 0.29) is 0 Å². The van der Waals surface area contributed by atoms with Gasteiger partial charge < -0.3 is 10.2 Å². The lowest BCUT2D eigenvalue weighted by molar-refractivity contribution is 0.592. The monoisotopic (exact) mass is 380 g/mol. The van der Waals surface area contributed by atoms with Crippen molar-refractivity contribution in [1.29, 1.82) is 0 Å². The van der Waals surface area contributed by atoms with Crippen LogP contribution in [0.4, 0.5) is 5.69 Å². The molecule has 1 N–H and O–H groups in total. The third-order valence-corrected chi connectivity index (χ3v) is 4.21. The summed E-state index contributed by atoms with van der Waals surface area (Å²) in [5.74, 6) is 0. The van der Waals surface area contributed by atoms with Crippen LogP contribution in [-0.2, 0) is 6.42 Å². The number of hydrogen-bond donors (Lipinski definition) is 1. The SMILES string of the molecule is CNC(Cc1ccc(I)cc1)c1cccc(N(C)C)c1. The van der Waals surface area contributed by atoms with E-state index >= 15 is 0 Å². The number of benzene rings is 2. The van der Waals surface area contributed by atoms with Gasteiger partial charge in [0.1, 0.15) is 0 Å². The Labute approximate surface area is 135 Å². The van der Waals surface area contributed by atoms with E-state index in [2.05, 4.69) is 95.4 Å². The van der Waals surface area contributed by atoms with Crippen LogP contribution in [0.25, 0.3) is 0 Å². The molecule has 0 amide bonds. The van der Waals surface area contributed by atoms with E-state index in [9.17, 15) is 0 Å². The fourth-order valence-corrected chi connectivity index (χ4v) is 2.62. The molecule has 1 atom stereocenters. The zero-order valence-electron chi connectivity index (χ0n) is 12.2. The molecule has 0 aliphatic carbocycles. The zero-order chi connectivity index (χ0) is 14.5. The largest absolute Gasteiger partial charge is 0.378 e. The van der Waals surface area contributed by atoms with E-state index in [0.717, 1.165) is 6.42 Å². The normalized spacial score (nSPS) is 12.2. The van der Waals surface area contributed by atoms with Gasteiger partial charge in [0.15, 0.2) is 0 Å². The van der Waals surface area contributed by atoms with Crippen LogP contribution >= 0.6 is 22.6 Å². The highest BCUT2D eigenvalue weighted by atomic mass is 127. The maximum atomic E-state index is 3.43. The molecule has 0 saturated carbocycles. The van der Waals surface area contributed by atoms with Crippen molar-refractivity contribution in [2.75, 3.05) is 26.0 Å². The number of anilines is 1. The van der Waals surface area contributed by atoms with Gasteiger partial charge in [-0.05, 0) is 71.5 Å². The fraction of sp³-hybridized carbons (Fsp3) is 0.294. The van der Waals surface area contributed by atoms with Crippen LogP contribution in [0.2, 0.25) is 0 Å². The molecular weight excluding hydrogens is 359 g/mol. The van der Waals surface area contributed by atoms with Crippen molar-refractivity contribution in [3.63, 3.8) is 0 Å². The molecule has 0 aliphatic rings. The molecule has 2 rings (SSSR count). The van der Waals surface area contributed by atoms with Crippen LogP contribution in [0.1, 0.15) is 17.2 Å². The maximum absolute atomic E-state index is 3.43. The molecule has 2 aromatic rings. The molecule has 1 unspecified atom stereocenters. The Morgan fingerprint density at radius 3 is 2.40 bits per heavy atom. The summed E-state index contributed by atoms with van der Waals surface area (Å²) in [4.78, 5) is 2.14. The first-order valence-electron chi connectivity index (χ1n) is 6.79. The van der Waals surface area contributed by atoms with Crippen molar-refractivity contribution in [1.82, 2.24) is 5.32 Å². The molecular formula is C17H21IN2. The molecule has 106 valence electrons. The highest BCUT2D eigenvalue weighted by Gasteiger charge is 2.11. The van der Waals surface area contributed by atoms with E-state index in [1.54, 1.807) is 0 Å². The number of nitrogens with zero attached hydrogens (tertiary/aromatic N) is 1. The van der Waals surface area contributed by atoms with Crippen molar-refractivity contribution >= 4 is 28.3 Å². The highest BCUT2D eigenvalue weighted by Crippen LogP contribution is 2.22. The Hall–Kier alpha value is -1.07. The molecule has 0 fully saturated rings. The Morgan fingerprint density at radius 1 is 1.10 bits per heavy atom. The van der Waals surface area contributed by atoms with Crippen LogP contribution in [-0.4, -0.2) is 21.1 Å². The molecule has 2 nitrogen and oxygen atoms in total. The summed E-state index contributed by atoms with van der Waals surface area (Å²) in [5, 5.41) is 3.43. The second-order valence-electron chi connectivity index (χ2n) is 5.16. The summed E-state index contributed by atoms with van der Waals surface area (Å²) in [5.41, 5.74) is 3.93. The van der Waals surface area contributed by atoms with Crippen LogP contribution in [0.3, 0.4) is 0 Å². The average Bonchev–Trinajstić information content (AvgIpc) is 2.46. The Morgan fingerprint density at radius 2 is 1.80 bits per heavy atom. The average molecular weight is 380 g/mol. The molecule has 0 aliphatic heterocycles. The van der Waals surface area contributed by atoms with Gasteiger partial charge in [0, 0.05) is 29.4 Å². The molecule has 0 saturated heterocycles. The third kappa shape index (κ3) is 3.96. The first-order chi connectivity index (χ1) is 9.60. The maximum Gasteiger partial charge on any atom is 0.0364 e. The topological polar surface area (TPSA) is 15.3 Å². The molecule has 0 aromatic heterocycles. The minimum absolute atomic E-state index is 0.343. The van der Waals surface area contributed by atoms with Crippen molar-refractivity contribution < 1.29 is 0 Å². The summed E-state index contributed by atoms with van der Waals surface area (Å²) in [7, 11) is 6.18. The van der Waals surface area contributed by atoms with Gasteiger partial charge in [-0.2, -0.15) is 0 Å². The number of hydrogen-bond acceptors (Lipinski definition) is 2. The lowest BCUT2D eigenvalue weighted by atomic mass is 9.98. The first kappa shape index (κ1) is 15.3. The molecule has 0 spiro atoms. The molecule has 2 aromatic carbocycles. The van der Waals surface area contributed by atoms with Gasteiger partial charge >= 0.3 is 0 Å². The van der Waals surface area contributed by atoms with Gasteiger partial charge in [-0.25, -0.2) is 0 Å². The summed E-state index contributed by atoms with van der Waals surface area (Å²) in [6, 6.07) is 17.8. The van der Waals surface area contributed by atoms with Crippen LogP contribution in [0, 0.1) is 3.57 Å². The number of rotatable bonds is 5. The predicted molar refractivity (Wildman–Crippen MR) is 95.4 cm³/mol. The quantitative estimate of drug-likeness (QED) is 0.793. The molecule has 0 radical (unpaired) electrons. The highest BCUT2D eigenvalue weighted by molar-refractivity contribution is 14.1. The van der Waals surface area contributed by atoms with Crippen LogP contribution in [0.5, 0.6) is 0 Å². The first-order valence-corrected chi connectivity index (χ1v) is 7.87. The summed E-state index contributed by atoms with van der Waals surface area (Å²) in [6.07, 6.45) is 1.00. The Bertz CT molecular complexity index is 549. The van der Waals surface area contributed by atoms with Gasteiger partial charge in [0.25, 0.3) is 0 Å². The third-order valence-electron chi connectivity index (χ3n) is 3.49. The van der Waals surface area contributed by atoms with Crippen LogP contribution in [0.15, 0.2) is 48.5 Å². The number of nitrogens with one attached hydrogen (secondary N) is 1. The van der Waals surface area contributed by atoms with Crippen molar-refractivity contribution in [2.24, 2.45) is 0 Å². The fourth-order valence-electron chi connectivity index (χ4n) is 2.26. The van der Waals surface area contributed by atoms with Gasteiger partial charge in [-0.15, -0.1) is 0 Å². The van der Waals surface area contributed by atoms with Gasteiger partial charge in [-0.1, -0.05) is 24.3 Å². The predicted octanol–water partition coefficient (Wildman–Crippen LogP) is 3.86. The van der Waals surface area contributed by atoms with E-state index < -0.39 is 0 Å². The van der Waals surface area contributed by atoms with Gasteiger partial charge in [-0.3, -0.25) is 0 Å². The molecule has 0 heterocycles. The standard InChI is InChI=1S/C17H21IN2/c1-19-17(11-13-7-9-15(18)10-8-13)14-5-4-6-16(12-14)20(2)3/h4-10,12,17,19H,11H2,1-3H3. The second-order valence-corrected chi connectivity index (χ2v) is 6.41. The Kier molecular flexibility index (Phi) is 5.43. The number of likely N-dealkylation sites (N-methyl/N-ethyl adjacent to an activating group) is 1. The summed E-state index contributed by atoms with van der Waals surface area (Å²) in [6.45, 7) is 0. The minimum Gasteiger partial charge on any atom is -0.378 e. The molecule has 20 heavy (non-hydrogen) atoms. The second kappa shape index (κ2) is 7.09. The van der Waals surface area contributed by atoms with E-state index in [4.69, 9.17) is 0 Å². The van der Waals surface area contributed by atoms with Crippen molar-refractivity contribution in [3.8, 4) is 0 Å². The lowest BCUT2D eigenvalue weighted by Crippen LogP contribution is -2.19. The molecule has 3 heteroatoms. The smallest absolute Gasteiger partial charge is 0.0364 e. The van der Waals surface area contributed by atoms with Gasteiger partial charge in [0.05, 0.1) is 0 Å². The lowest BCUT2D eigenvalue weighted by Gasteiger charge is -2.20. The van der Waals surface area contributed by atoms with Crippen LogP contribution < -0.4 is 10.2 Å². The molecule has 0 bridgehead atoms. The Balaban J connectivity index is 2.19. The van der Waals surface area contributed by atoms with E-state index in [0.29, 0.717) is 6.04 Å². The van der Waals surface area contributed by atoms with Gasteiger partial charge in [0.2, 0.25) is 0 Å². The van der Waals surface area contributed by atoms with E-state index in [1.807, 2.05) is 7.05 Å². The minimum atomic E-state index is 0.343.